The number of thiazole rings is 1. The highest BCUT2D eigenvalue weighted by Gasteiger charge is 2.16. The summed E-state index contributed by atoms with van der Waals surface area (Å²) in [5, 5.41) is 6.06. The third-order valence-corrected chi connectivity index (χ3v) is 4.54. The average molecular weight is 321 g/mol. The Morgan fingerprint density at radius 2 is 2.19 bits per heavy atom. The highest BCUT2D eigenvalue weighted by Crippen LogP contribution is 2.26. The Bertz CT molecular complexity index is 749. The van der Waals surface area contributed by atoms with Crippen LogP contribution in [0.3, 0.4) is 0 Å². The fourth-order valence-electron chi connectivity index (χ4n) is 2.42. The van der Waals surface area contributed by atoms with Crippen molar-refractivity contribution in [2.75, 3.05) is 19.0 Å². The Labute approximate surface area is 133 Å². The van der Waals surface area contributed by atoms with Gasteiger partial charge >= 0.3 is 0 Å². The molecule has 0 aliphatic rings. The van der Waals surface area contributed by atoms with Crippen molar-refractivity contribution in [1.29, 1.82) is 0 Å². The van der Waals surface area contributed by atoms with Gasteiger partial charge < -0.3 is 10.2 Å². The minimum atomic E-state index is 0.737. The van der Waals surface area contributed by atoms with Crippen molar-refractivity contribution in [2.24, 2.45) is 0 Å². The largest absolute Gasteiger partial charge is 0.354 e. The lowest BCUT2D eigenvalue weighted by Crippen LogP contribution is -2.20. The van der Waals surface area contributed by atoms with Crippen LogP contribution in [0.25, 0.3) is 4.96 Å². The lowest BCUT2D eigenvalue weighted by atomic mass is 10.2. The van der Waals surface area contributed by atoms with E-state index in [2.05, 4.69) is 39.3 Å². The summed E-state index contributed by atoms with van der Waals surface area (Å²) in [4.78, 5) is 7.90. The third-order valence-electron chi connectivity index (χ3n) is 3.41. The van der Waals surface area contributed by atoms with Gasteiger partial charge in [-0.15, -0.1) is 11.3 Å². The number of hydrogen-bond acceptors (Lipinski definition) is 4. The standard InChI is InChI=1S/C15H17ClN4S/c1-17-9-13-14(18-15-20(13)7-8-21-15)19(2)10-11-5-3-4-6-12(11)16/h3-8,17H,9-10H2,1-2H3. The number of anilines is 1. The Morgan fingerprint density at radius 1 is 1.38 bits per heavy atom. The molecule has 0 bridgehead atoms. The summed E-state index contributed by atoms with van der Waals surface area (Å²) in [6, 6.07) is 7.93. The second-order valence-electron chi connectivity index (χ2n) is 4.92. The zero-order chi connectivity index (χ0) is 14.8. The van der Waals surface area contributed by atoms with Gasteiger partial charge in [-0.25, -0.2) is 4.98 Å². The summed E-state index contributed by atoms with van der Waals surface area (Å²) in [6.07, 6.45) is 2.06. The molecule has 0 spiro atoms. The zero-order valence-electron chi connectivity index (χ0n) is 12.0. The summed E-state index contributed by atoms with van der Waals surface area (Å²) in [7, 11) is 4.00. The molecule has 3 aromatic rings. The van der Waals surface area contributed by atoms with E-state index in [1.165, 1.54) is 5.69 Å². The predicted octanol–water partition coefficient (Wildman–Crippen LogP) is 3.41. The van der Waals surface area contributed by atoms with Crippen LogP contribution < -0.4 is 10.2 Å². The molecule has 0 radical (unpaired) electrons. The molecule has 4 nitrogen and oxygen atoms in total. The fourth-order valence-corrected chi connectivity index (χ4v) is 3.34. The van der Waals surface area contributed by atoms with Crippen molar-refractivity contribution in [3.63, 3.8) is 0 Å². The summed E-state index contributed by atoms with van der Waals surface area (Å²) < 4.78 is 2.14. The number of rotatable bonds is 5. The first-order valence-corrected chi connectivity index (χ1v) is 8.00. The van der Waals surface area contributed by atoms with E-state index in [9.17, 15) is 0 Å². The van der Waals surface area contributed by atoms with Gasteiger partial charge in [-0.05, 0) is 18.7 Å². The predicted molar refractivity (Wildman–Crippen MR) is 89.4 cm³/mol. The molecule has 2 heterocycles. The van der Waals surface area contributed by atoms with E-state index >= 15 is 0 Å². The molecule has 0 fully saturated rings. The first-order chi connectivity index (χ1) is 10.2. The smallest absolute Gasteiger partial charge is 0.195 e. The van der Waals surface area contributed by atoms with Gasteiger partial charge in [0.05, 0.1) is 5.69 Å². The quantitative estimate of drug-likeness (QED) is 0.782. The van der Waals surface area contributed by atoms with Crippen LogP contribution in [-0.4, -0.2) is 23.5 Å². The van der Waals surface area contributed by atoms with E-state index in [4.69, 9.17) is 16.6 Å². The van der Waals surface area contributed by atoms with Crippen molar-refractivity contribution in [3.8, 4) is 0 Å². The highest BCUT2D eigenvalue weighted by molar-refractivity contribution is 7.15. The number of aromatic nitrogens is 2. The Kier molecular flexibility index (Phi) is 4.14. The summed E-state index contributed by atoms with van der Waals surface area (Å²) in [5.41, 5.74) is 2.27. The van der Waals surface area contributed by atoms with Crippen molar-refractivity contribution in [3.05, 3.63) is 52.1 Å². The fraction of sp³-hybridized carbons (Fsp3) is 0.267. The van der Waals surface area contributed by atoms with Crippen LogP contribution in [0.2, 0.25) is 5.02 Å². The number of benzene rings is 1. The minimum Gasteiger partial charge on any atom is -0.354 e. The molecule has 2 aromatic heterocycles. The molecular formula is C15H17ClN4S. The van der Waals surface area contributed by atoms with E-state index < -0.39 is 0 Å². The van der Waals surface area contributed by atoms with Crippen LogP contribution in [0.15, 0.2) is 35.8 Å². The number of nitrogens with one attached hydrogen (secondary N) is 1. The molecule has 0 unspecified atom stereocenters. The number of halogens is 1. The molecule has 3 rings (SSSR count). The van der Waals surface area contributed by atoms with Gasteiger partial charge in [-0.3, -0.25) is 4.40 Å². The SMILES string of the molecule is CNCc1c(N(C)Cc2ccccc2Cl)nc2sccn12. The Balaban J connectivity index is 1.93. The monoisotopic (exact) mass is 320 g/mol. The van der Waals surface area contributed by atoms with Gasteiger partial charge in [0.15, 0.2) is 10.8 Å². The first-order valence-electron chi connectivity index (χ1n) is 6.74. The molecule has 6 heteroatoms. The second-order valence-corrected chi connectivity index (χ2v) is 6.20. The Hall–Kier alpha value is -1.56. The number of fused-ring (bicyclic) bond motifs is 1. The molecule has 0 amide bonds. The molecule has 0 aliphatic heterocycles. The van der Waals surface area contributed by atoms with Crippen molar-refractivity contribution < 1.29 is 0 Å². The maximum atomic E-state index is 6.25. The number of imidazole rings is 1. The molecule has 0 saturated heterocycles. The zero-order valence-corrected chi connectivity index (χ0v) is 13.6. The molecule has 1 N–H and O–H groups in total. The lowest BCUT2D eigenvalue weighted by Gasteiger charge is -2.19. The van der Waals surface area contributed by atoms with E-state index in [1.54, 1.807) is 11.3 Å². The number of hydrogen-bond donors (Lipinski definition) is 1. The van der Waals surface area contributed by atoms with Gasteiger partial charge in [-0.1, -0.05) is 29.8 Å². The topological polar surface area (TPSA) is 32.6 Å². The van der Waals surface area contributed by atoms with E-state index in [1.807, 2.05) is 25.2 Å². The molecule has 110 valence electrons. The van der Waals surface area contributed by atoms with Crippen LogP contribution in [-0.2, 0) is 13.1 Å². The van der Waals surface area contributed by atoms with Crippen LogP contribution in [0, 0.1) is 0 Å². The highest BCUT2D eigenvalue weighted by atomic mass is 35.5. The lowest BCUT2D eigenvalue weighted by molar-refractivity contribution is 0.772. The van der Waals surface area contributed by atoms with Crippen LogP contribution in [0.4, 0.5) is 5.82 Å². The molecule has 0 atom stereocenters. The van der Waals surface area contributed by atoms with Crippen LogP contribution in [0.1, 0.15) is 11.3 Å². The van der Waals surface area contributed by atoms with Gasteiger partial charge in [0.1, 0.15) is 0 Å². The molecule has 0 saturated carbocycles. The van der Waals surface area contributed by atoms with Gasteiger partial charge in [0.25, 0.3) is 0 Å². The van der Waals surface area contributed by atoms with Crippen molar-refractivity contribution in [2.45, 2.75) is 13.1 Å². The average Bonchev–Trinajstić information content (AvgIpc) is 3.04. The first kappa shape index (κ1) is 14.4. The molecule has 21 heavy (non-hydrogen) atoms. The number of nitrogens with zero attached hydrogens (tertiary/aromatic N) is 3. The summed E-state index contributed by atoms with van der Waals surface area (Å²) >= 11 is 7.90. The molecule has 0 aliphatic carbocycles. The maximum absolute atomic E-state index is 6.25. The summed E-state index contributed by atoms with van der Waals surface area (Å²) in [5.74, 6) is 0.996. The Morgan fingerprint density at radius 3 is 2.95 bits per heavy atom. The second kappa shape index (κ2) is 6.05. The maximum Gasteiger partial charge on any atom is 0.195 e. The van der Waals surface area contributed by atoms with Crippen LogP contribution in [0.5, 0.6) is 0 Å². The molecule has 1 aromatic carbocycles. The van der Waals surface area contributed by atoms with Gasteiger partial charge in [0, 0.05) is 36.7 Å². The van der Waals surface area contributed by atoms with E-state index in [0.29, 0.717) is 0 Å². The minimum absolute atomic E-state index is 0.737. The van der Waals surface area contributed by atoms with E-state index in [0.717, 1.165) is 34.5 Å². The molecular weight excluding hydrogens is 304 g/mol. The normalized spacial score (nSPS) is 11.2. The van der Waals surface area contributed by atoms with Crippen LogP contribution >= 0.6 is 22.9 Å². The van der Waals surface area contributed by atoms with Gasteiger partial charge in [-0.2, -0.15) is 0 Å². The summed E-state index contributed by atoms with van der Waals surface area (Å²) in [6.45, 7) is 1.52. The van der Waals surface area contributed by atoms with Gasteiger partial charge in [0.2, 0.25) is 0 Å². The van der Waals surface area contributed by atoms with E-state index in [-0.39, 0.29) is 0 Å². The third kappa shape index (κ3) is 2.77. The van der Waals surface area contributed by atoms with Crippen molar-refractivity contribution in [1.82, 2.24) is 14.7 Å². The van der Waals surface area contributed by atoms with Crippen molar-refractivity contribution >= 4 is 33.7 Å².